The molecule has 1 N–H and O–H groups in total. The Kier molecular flexibility index (Phi) is 9.85. The molecule has 0 saturated carbocycles. The zero-order chi connectivity index (χ0) is 24.5. The molecule has 0 spiro atoms. The number of para-hydroxylation sites is 1. The van der Waals surface area contributed by atoms with Crippen molar-refractivity contribution in [2.75, 3.05) is 19.6 Å². The van der Waals surface area contributed by atoms with Crippen molar-refractivity contribution in [2.45, 2.75) is 52.5 Å². The van der Waals surface area contributed by atoms with Gasteiger partial charge < -0.3 is 14.8 Å². The van der Waals surface area contributed by atoms with E-state index in [1.807, 2.05) is 42.3 Å². The summed E-state index contributed by atoms with van der Waals surface area (Å²) in [6.45, 7) is 5.70. The van der Waals surface area contributed by atoms with Gasteiger partial charge in [0.15, 0.2) is 0 Å². The molecule has 0 aliphatic heterocycles. The quantitative estimate of drug-likeness (QED) is 0.308. The van der Waals surface area contributed by atoms with Crippen molar-refractivity contribution in [3.8, 4) is 0 Å². The van der Waals surface area contributed by atoms with Crippen LogP contribution in [-0.2, 0) is 22.6 Å². The highest BCUT2D eigenvalue weighted by Gasteiger charge is 2.21. The van der Waals surface area contributed by atoms with E-state index in [-0.39, 0.29) is 18.4 Å². The summed E-state index contributed by atoms with van der Waals surface area (Å²) in [6.07, 6.45) is 5.78. The number of nitrogens with zero attached hydrogens (tertiary/aromatic N) is 2. The highest BCUT2D eigenvalue weighted by molar-refractivity contribution is 6.42. The summed E-state index contributed by atoms with van der Waals surface area (Å²) in [5.41, 5.74) is 3.14. The topological polar surface area (TPSA) is 56.4 Å². The second-order valence-electron chi connectivity index (χ2n) is 8.59. The molecule has 7 heteroatoms. The highest BCUT2D eigenvalue weighted by Crippen LogP contribution is 2.24. The minimum absolute atomic E-state index is 0.0374. The van der Waals surface area contributed by atoms with E-state index in [9.17, 15) is 9.59 Å². The van der Waals surface area contributed by atoms with E-state index in [0.717, 1.165) is 41.3 Å². The third-order valence-corrected chi connectivity index (χ3v) is 6.70. The van der Waals surface area contributed by atoms with E-state index in [1.165, 1.54) is 0 Å². The third kappa shape index (κ3) is 7.00. The number of rotatable bonds is 12. The molecule has 0 bridgehead atoms. The Morgan fingerprint density at radius 1 is 0.912 bits per heavy atom. The van der Waals surface area contributed by atoms with Crippen LogP contribution in [0.4, 0.5) is 0 Å². The molecule has 0 atom stereocenters. The van der Waals surface area contributed by atoms with E-state index in [1.54, 1.807) is 17.0 Å². The second kappa shape index (κ2) is 12.8. The van der Waals surface area contributed by atoms with Crippen molar-refractivity contribution in [3.63, 3.8) is 0 Å². The third-order valence-electron chi connectivity index (χ3n) is 5.96. The molecular weight excluding hydrogens is 469 g/mol. The summed E-state index contributed by atoms with van der Waals surface area (Å²) in [5, 5.41) is 2.11. The Hall–Kier alpha value is -2.50. The smallest absolute Gasteiger partial charge is 0.242 e. The minimum Gasteiger partial charge on any atom is -0.361 e. The highest BCUT2D eigenvalue weighted by atomic mass is 35.5. The number of unbranched alkanes of at least 4 members (excludes halogenated alkanes) is 1. The molecule has 1 heterocycles. The van der Waals surface area contributed by atoms with E-state index in [0.29, 0.717) is 42.5 Å². The van der Waals surface area contributed by atoms with Crippen molar-refractivity contribution in [2.24, 2.45) is 0 Å². The lowest BCUT2D eigenvalue weighted by Crippen LogP contribution is -2.43. The van der Waals surface area contributed by atoms with Gasteiger partial charge in [-0.05, 0) is 48.6 Å². The van der Waals surface area contributed by atoms with E-state index < -0.39 is 0 Å². The lowest BCUT2D eigenvalue weighted by atomic mass is 10.1. The average molecular weight is 502 g/mol. The minimum atomic E-state index is -0.0635. The fraction of sp³-hybridized carbons (Fsp3) is 0.407. The van der Waals surface area contributed by atoms with Crippen LogP contribution in [0, 0.1) is 0 Å². The Balaban J connectivity index is 1.79. The molecule has 3 rings (SSSR count). The van der Waals surface area contributed by atoms with Crippen LogP contribution in [0.15, 0.2) is 48.7 Å². The number of aromatic amines is 1. The second-order valence-corrected chi connectivity index (χ2v) is 9.41. The summed E-state index contributed by atoms with van der Waals surface area (Å²) in [6, 6.07) is 13.6. The molecular formula is C27H33Cl2N3O2. The number of carbonyl (C=O) groups is 2. The van der Waals surface area contributed by atoms with Crippen LogP contribution in [0.1, 0.15) is 50.7 Å². The van der Waals surface area contributed by atoms with Gasteiger partial charge in [-0.3, -0.25) is 9.59 Å². The van der Waals surface area contributed by atoms with Crippen LogP contribution in [0.2, 0.25) is 10.0 Å². The predicted molar refractivity (Wildman–Crippen MR) is 140 cm³/mol. The van der Waals surface area contributed by atoms with Gasteiger partial charge in [0.05, 0.1) is 16.6 Å². The maximum absolute atomic E-state index is 13.5. The summed E-state index contributed by atoms with van der Waals surface area (Å²) in [4.78, 5) is 33.0. The molecule has 0 saturated heterocycles. The van der Waals surface area contributed by atoms with Crippen LogP contribution < -0.4 is 0 Å². The summed E-state index contributed by atoms with van der Waals surface area (Å²) < 4.78 is 0. The number of H-pyrrole nitrogens is 1. The molecule has 2 aromatic carbocycles. The lowest BCUT2D eigenvalue weighted by molar-refractivity contribution is -0.141. The zero-order valence-electron chi connectivity index (χ0n) is 19.9. The molecule has 1 aromatic heterocycles. The van der Waals surface area contributed by atoms with Crippen LogP contribution in [0.5, 0.6) is 0 Å². The molecule has 5 nitrogen and oxygen atoms in total. The molecule has 0 fully saturated rings. The van der Waals surface area contributed by atoms with Crippen molar-refractivity contribution >= 4 is 45.9 Å². The van der Waals surface area contributed by atoms with Gasteiger partial charge in [-0.2, -0.15) is 0 Å². The van der Waals surface area contributed by atoms with Gasteiger partial charge in [-0.15, -0.1) is 0 Å². The number of carbonyl (C=O) groups excluding carboxylic acids is 2. The largest absolute Gasteiger partial charge is 0.361 e. The number of hydrogen-bond donors (Lipinski definition) is 1. The van der Waals surface area contributed by atoms with Gasteiger partial charge in [0.25, 0.3) is 0 Å². The van der Waals surface area contributed by atoms with Crippen molar-refractivity contribution in [3.05, 3.63) is 69.8 Å². The maximum atomic E-state index is 13.5. The van der Waals surface area contributed by atoms with Gasteiger partial charge in [0.2, 0.25) is 11.8 Å². The standard InChI is InChI=1S/C27H33Cl2N3O2/c1-3-5-14-31(26(33)8-4-2)19-27(34)32(18-20-11-12-23(28)24(29)16-20)15-13-21-17-30-25-10-7-6-9-22(21)25/h6-7,9-12,16-17,30H,3-5,8,13-15,18-19H2,1-2H3. The zero-order valence-corrected chi connectivity index (χ0v) is 21.5. The number of benzene rings is 2. The van der Waals surface area contributed by atoms with Gasteiger partial charge in [0, 0.05) is 43.2 Å². The number of fused-ring (bicyclic) bond motifs is 1. The van der Waals surface area contributed by atoms with Gasteiger partial charge in [-0.1, -0.05) is 67.7 Å². The lowest BCUT2D eigenvalue weighted by Gasteiger charge is -2.28. The first-order valence-corrected chi connectivity index (χ1v) is 12.7. The Bertz CT molecular complexity index is 1110. The molecule has 2 amide bonds. The van der Waals surface area contributed by atoms with Crippen LogP contribution >= 0.6 is 23.2 Å². The monoisotopic (exact) mass is 501 g/mol. The molecule has 0 aliphatic carbocycles. The van der Waals surface area contributed by atoms with Crippen molar-refractivity contribution < 1.29 is 9.59 Å². The van der Waals surface area contributed by atoms with Gasteiger partial charge in [0.1, 0.15) is 0 Å². The SMILES string of the molecule is CCCCN(CC(=O)N(CCc1c[nH]c2ccccc12)Cc1ccc(Cl)c(Cl)c1)C(=O)CCC. The molecule has 3 aromatic rings. The first-order valence-electron chi connectivity index (χ1n) is 12.0. The number of halogens is 2. The van der Waals surface area contributed by atoms with Crippen molar-refractivity contribution in [1.82, 2.24) is 14.8 Å². The molecule has 34 heavy (non-hydrogen) atoms. The fourth-order valence-corrected chi connectivity index (χ4v) is 4.34. The Morgan fingerprint density at radius 2 is 1.71 bits per heavy atom. The number of hydrogen-bond acceptors (Lipinski definition) is 2. The van der Waals surface area contributed by atoms with Gasteiger partial charge in [-0.25, -0.2) is 0 Å². The first kappa shape index (κ1) is 26.1. The first-order chi connectivity index (χ1) is 16.4. The van der Waals surface area contributed by atoms with Crippen LogP contribution in [0.25, 0.3) is 10.9 Å². The van der Waals surface area contributed by atoms with Crippen LogP contribution in [-0.4, -0.2) is 46.2 Å². The van der Waals surface area contributed by atoms with Crippen molar-refractivity contribution in [1.29, 1.82) is 0 Å². The molecule has 0 aliphatic rings. The molecule has 182 valence electrons. The normalized spacial score (nSPS) is 11.1. The van der Waals surface area contributed by atoms with E-state index in [4.69, 9.17) is 23.2 Å². The summed E-state index contributed by atoms with van der Waals surface area (Å²) >= 11 is 12.3. The summed E-state index contributed by atoms with van der Waals surface area (Å²) in [7, 11) is 0. The molecule has 0 unspecified atom stereocenters. The Labute approximate surface area is 212 Å². The van der Waals surface area contributed by atoms with Crippen LogP contribution in [0.3, 0.4) is 0 Å². The number of aromatic nitrogens is 1. The average Bonchev–Trinajstić information content (AvgIpc) is 3.24. The Morgan fingerprint density at radius 3 is 2.44 bits per heavy atom. The summed E-state index contributed by atoms with van der Waals surface area (Å²) in [5.74, 6) is -0.0260. The number of nitrogens with one attached hydrogen (secondary N) is 1. The van der Waals surface area contributed by atoms with Gasteiger partial charge >= 0.3 is 0 Å². The van der Waals surface area contributed by atoms with E-state index in [2.05, 4.69) is 18.0 Å². The number of amides is 2. The maximum Gasteiger partial charge on any atom is 0.242 e. The molecule has 0 radical (unpaired) electrons. The van der Waals surface area contributed by atoms with E-state index >= 15 is 0 Å². The fourth-order valence-electron chi connectivity index (χ4n) is 4.02. The predicted octanol–water partition coefficient (Wildman–Crippen LogP) is 6.47.